The molecule has 0 atom stereocenters. The van der Waals surface area contributed by atoms with Crippen LogP contribution < -0.4 is 5.32 Å². The Kier molecular flexibility index (Phi) is 6.20. The fraction of sp³-hybridized carbons (Fsp3) is 0.333. The molecule has 4 aromatic rings. The molecule has 0 spiro atoms. The van der Waals surface area contributed by atoms with Gasteiger partial charge in [0.15, 0.2) is 0 Å². The van der Waals surface area contributed by atoms with Gasteiger partial charge in [0, 0.05) is 67.7 Å². The zero-order valence-electron chi connectivity index (χ0n) is 18.3. The van der Waals surface area contributed by atoms with E-state index in [0.717, 1.165) is 44.8 Å². The van der Waals surface area contributed by atoms with Crippen molar-refractivity contribution in [3.05, 3.63) is 42.4 Å². The van der Waals surface area contributed by atoms with E-state index in [2.05, 4.69) is 33.3 Å². The number of hydrogen-bond acceptors (Lipinski definition) is 5. The second-order valence-corrected chi connectivity index (χ2v) is 7.87. The van der Waals surface area contributed by atoms with E-state index in [1.165, 1.54) is 5.56 Å². The van der Waals surface area contributed by atoms with Crippen LogP contribution in [0.5, 0.6) is 0 Å². The zero-order valence-corrected chi connectivity index (χ0v) is 18.3. The number of pyridine rings is 2. The number of nitrogens with one attached hydrogen (secondary N) is 2. The Morgan fingerprint density at radius 2 is 2.00 bits per heavy atom. The first-order valence-electron chi connectivity index (χ1n) is 10.9. The third-order valence-electron chi connectivity index (χ3n) is 5.88. The fourth-order valence-electron chi connectivity index (χ4n) is 4.17. The van der Waals surface area contributed by atoms with E-state index in [1.54, 1.807) is 11.1 Å². The molecule has 1 aromatic carbocycles. The smallest absolute Gasteiger partial charge is 0.303 e. The van der Waals surface area contributed by atoms with E-state index in [1.807, 2.05) is 31.5 Å². The van der Waals surface area contributed by atoms with E-state index < -0.39 is 5.97 Å². The number of benzene rings is 1. The number of fused-ring (bicyclic) bond motifs is 4. The van der Waals surface area contributed by atoms with Gasteiger partial charge in [0.25, 0.3) is 0 Å². The summed E-state index contributed by atoms with van der Waals surface area (Å²) >= 11 is 0. The van der Waals surface area contributed by atoms with Crippen LogP contribution in [0.3, 0.4) is 0 Å². The van der Waals surface area contributed by atoms with Crippen molar-refractivity contribution in [2.45, 2.75) is 33.1 Å². The minimum atomic E-state index is -0.950. The summed E-state index contributed by atoms with van der Waals surface area (Å²) in [6.45, 7) is 5.81. The number of amides is 1. The summed E-state index contributed by atoms with van der Waals surface area (Å²) in [7, 11) is 0. The lowest BCUT2D eigenvalue weighted by Crippen LogP contribution is -2.32. The molecule has 0 aliphatic carbocycles. The Hall–Kier alpha value is -3.68. The van der Waals surface area contributed by atoms with Crippen LogP contribution in [-0.4, -0.2) is 56.5 Å². The highest BCUT2D eigenvalue weighted by Crippen LogP contribution is 2.34. The topological polar surface area (TPSA) is 111 Å². The maximum atomic E-state index is 12.2. The highest BCUT2D eigenvalue weighted by Gasteiger charge is 2.14. The molecule has 3 aromatic heterocycles. The van der Waals surface area contributed by atoms with Crippen LogP contribution in [0, 0.1) is 6.92 Å². The van der Waals surface area contributed by atoms with Gasteiger partial charge in [-0.05, 0) is 49.4 Å². The number of carboxylic acids is 1. The predicted molar refractivity (Wildman–Crippen MR) is 128 cm³/mol. The minimum Gasteiger partial charge on any atom is -0.481 e. The molecular weight excluding hydrogens is 406 g/mol. The Morgan fingerprint density at radius 1 is 1.16 bits per heavy atom. The summed E-state index contributed by atoms with van der Waals surface area (Å²) in [5.74, 6) is -0.261. The molecule has 0 saturated heterocycles. The molecule has 0 saturated carbocycles. The molecule has 0 unspecified atom stereocenters. The summed E-state index contributed by atoms with van der Waals surface area (Å²) < 4.78 is 0. The lowest BCUT2D eigenvalue weighted by molar-refractivity contribution is -0.140. The molecule has 3 heterocycles. The van der Waals surface area contributed by atoms with Gasteiger partial charge in [-0.25, -0.2) is 4.98 Å². The highest BCUT2D eigenvalue weighted by molar-refractivity contribution is 6.15. The van der Waals surface area contributed by atoms with Gasteiger partial charge in [0.05, 0.1) is 11.9 Å². The normalized spacial score (nSPS) is 11.3. The van der Waals surface area contributed by atoms with Crippen molar-refractivity contribution < 1.29 is 16.1 Å². The van der Waals surface area contributed by atoms with Crippen molar-refractivity contribution >= 4 is 50.3 Å². The van der Waals surface area contributed by atoms with Crippen molar-refractivity contribution in [3.8, 4) is 0 Å². The van der Waals surface area contributed by atoms with Crippen molar-refractivity contribution in [1.82, 2.24) is 19.9 Å². The Balaban J connectivity index is 0.00000306. The number of aryl methyl sites for hydroxylation is 1. The number of aliphatic carboxylic acids is 1. The van der Waals surface area contributed by atoms with Gasteiger partial charge in [0.2, 0.25) is 5.91 Å². The quantitative estimate of drug-likeness (QED) is 0.337. The average Bonchev–Trinajstić information content (AvgIpc) is 3.17. The Bertz CT molecular complexity index is 1300. The van der Waals surface area contributed by atoms with Gasteiger partial charge in [-0.3, -0.25) is 14.6 Å². The van der Waals surface area contributed by atoms with E-state index in [4.69, 9.17) is 5.11 Å². The van der Waals surface area contributed by atoms with Gasteiger partial charge >= 0.3 is 5.97 Å². The van der Waals surface area contributed by atoms with Crippen molar-refractivity contribution in [2.75, 3.05) is 25.0 Å². The molecule has 8 nitrogen and oxygen atoms in total. The molecule has 1 amide bonds. The molecule has 8 heteroatoms. The SMILES string of the molecule is CCN(CCCNc1nccc2c(C)c3[nH]c4ccncc4c3cc12)C(=O)CCC(=O)O.[HH]. The zero-order chi connectivity index (χ0) is 22.7. The molecule has 0 aliphatic rings. The maximum Gasteiger partial charge on any atom is 0.303 e. The van der Waals surface area contributed by atoms with Crippen LogP contribution in [-0.2, 0) is 9.59 Å². The van der Waals surface area contributed by atoms with Gasteiger partial charge in [-0.15, -0.1) is 0 Å². The summed E-state index contributed by atoms with van der Waals surface area (Å²) in [6, 6.07) is 6.16. The van der Waals surface area contributed by atoms with Crippen molar-refractivity contribution in [1.29, 1.82) is 0 Å². The summed E-state index contributed by atoms with van der Waals surface area (Å²) in [6.07, 6.45) is 6.11. The van der Waals surface area contributed by atoms with Crippen LogP contribution in [0.4, 0.5) is 5.82 Å². The number of nitrogens with zero attached hydrogens (tertiary/aromatic N) is 3. The maximum absolute atomic E-state index is 12.2. The van der Waals surface area contributed by atoms with E-state index in [9.17, 15) is 9.59 Å². The number of carbonyl (C=O) groups excluding carboxylic acids is 1. The third kappa shape index (κ3) is 4.21. The first kappa shape index (κ1) is 21.5. The third-order valence-corrected chi connectivity index (χ3v) is 5.88. The van der Waals surface area contributed by atoms with Crippen LogP contribution in [0.2, 0.25) is 0 Å². The molecule has 4 rings (SSSR count). The van der Waals surface area contributed by atoms with Crippen LogP contribution in [0.15, 0.2) is 36.8 Å². The molecule has 32 heavy (non-hydrogen) atoms. The summed E-state index contributed by atoms with van der Waals surface area (Å²) in [4.78, 5) is 36.9. The van der Waals surface area contributed by atoms with Gasteiger partial charge in [-0.2, -0.15) is 0 Å². The first-order chi connectivity index (χ1) is 15.5. The number of aromatic amines is 1. The predicted octanol–water partition coefficient (Wildman–Crippen LogP) is 4.33. The van der Waals surface area contributed by atoms with Crippen LogP contribution in [0.25, 0.3) is 32.6 Å². The number of carboxylic acid groups (broad SMARTS) is 1. The number of hydrogen-bond donors (Lipinski definition) is 3. The molecule has 0 bridgehead atoms. The largest absolute Gasteiger partial charge is 0.481 e. The van der Waals surface area contributed by atoms with Gasteiger partial charge < -0.3 is 20.3 Å². The molecule has 0 fully saturated rings. The highest BCUT2D eigenvalue weighted by atomic mass is 16.4. The molecule has 0 radical (unpaired) electrons. The molecular formula is C24H29N5O3. The molecule has 0 aliphatic heterocycles. The van der Waals surface area contributed by atoms with Crippen molar-refractivity contribution in [3.63, 3.8) is 0 Å². The second-order valence-electron chi connectivity index (χ2n) is 7.87. The lowest BCUT2D eigenvalue weighted by Gasteiger charge is -2.21. The lowest BCUT2D eigenvalue weighted by atomic mass is 10.0. The Morgan fingerprint density at radius 3 is 2.78 bits per heavy atom. The van der Waals surface area contributed by atoms with Gasteiger partial charge in [-0.1, -0.05) is 0 Å². The first-order valence-corrected chi connectivity index (χ1v) is 10.9. The summed E-state index contributed by atoms with van der Waals surface area (Å²) in [5.41, 5.74) is 3.33. The number of aromatic nitrogens is 3. The minimum absolute atomic E-state index is 0. The standard InChI is InChI=1S/C24H27N5O3.H2/c1-3-29(21(30)5-6-22(31)32)12-4-9-26-24-18-13-17-19-14-25-10-8-20(19)28-23(17)15(2)16(18)7-11-27-24;/h7-8,10-11,13-14,28H,3-6,9,12H2,1-2H3,(H,26,27)(H,31,32);1H. The van der Waals surface area contributed by atoms with Crippen LogP contribution >= 0.6 is 0 Å². The number of anilines is 1. The second kappa shape index (κ2) is 9.21. The molecule has 3 N–H and O–H groups in total. The van der Waals surface area contributed by atoms with E-state index in [0.29, 0.717) is 19.6 Å². The number of rotatable bonds is 9. The van der Waals surface area contributed by atoms with Gasteiger partial charge in [0.1, 0.15) is 5.82 Å². The molecule has 168 valence electrons. The van der Waals surface area contributed by atoms with Crippen LogP contribution in [0.1, 0.15) is 33.2 Å². The van der Waals surface area contributed by atoms with E-state index in [-0.39, 0.29) is 20.2 Å². The summed E-state index contributed by atoms with van der Waals surface area (Å²) in [5, 5.41) is 16.6. The van der Waals surface area contributed by atoms with Crippen molar-refractivity contribution in [2.24, 2.45) is 0 Å². The Labute approximate surface area is 187 Å². The monoisotopic (exact) mass is 435 g/mol. The number of carbonyl (C=O) groups is 2. The fourth-order valence-corrected chi connectivity index (χ4v) is 4.17. The average molecular weight is 436 g/mol. The van der Waals surface area contributed by atoms with E-state index >= 15 is 0 Å². The number of H-pyrrole nitrogens is 1.